The lowest BCUT2D eigenvalue weighted by atomic mass is 9.85. The summed E-state index contributed by atoms with van der Waals surface area (Å²) in [5, 5.41) is 41.5. The van der Waals surface area contributed by atoms with Gasteiger partial charge >= 0.3 is 0 Å². The van der Waals surface area contributed by atoms with Crippen molar-refractivity contribution in [2.75, 3.05) is 26.0 Å². The van der Waals surface area contributed by atoms with Crippen LogP contribution in [0.1, 0.15) is 46.0 Å². The lowest BCUT2D eigenvalue weighted by Gasteiger charge is -2.44. The molecule has 0 aromatic rings. The molecule has 0 aromatic carbocycles. The highest BCUT2D eigenvalue weighted by Gasteiger charge is 2.50. The minimum absolute atomic E-state index is 0.131. The van der Waals surface area contributed by atoms with Crippen molar-refractivity contribution >= 4 is 24.1 Å². The number of carbonyl (C=O) groups excluding carboxylic acids is 1. The molecule has 37 heavy (non-hydrogen) atoms. The zero-order valence-corrected chi connectivity index (χ0v) is 22.8. The average Bonchev–Trinajstić information content (AvgIpc) is 3.02. The lowest BCUT2D eigenvalue weighted by molar-refractivity contribution is -0.205. The topological polar surface area (TPSA) is 149 Å². The molecule has 0 spiro atoms. The van der Waals surface area contributed by atoms with Gasteiger partial charge in [-0.05, 0) is 56.7 Å². The van der Waals surface area contributed by atoms with Gasteiger partial charge in [0.05, 0.1) is 12.1 Å². The van der Waals surface area contributed by atoms with Gasteiger partial charge in [-0.25, -0.2) is 0 Å². The van der Waals surface area contributed by atoms with Crippen LogP contribution in [-0.4, -0.2) is 112 Å². The third kappa shape index (κ3) is 7.68. The highest BCUT2D eigenvalue weighted by atomic mass is 32.2. The third-order valence-corrected chi connectivity index (χ3v) is 8.96. The van der Waals surface area contributed by atoms with Gasteiger partial charge in [-0.15, -0.1) is 11.8 Å². The molecule has 11 heteroatoms. The van der Waals surface area contributed by atoms with E-state index in [0.717, 1.165) is 31.6 Å². The van der Waals surface area contributed by atoms with Gasteiger partial charge in [-0.3, -0.25) is 14.5 Å². The van der Waals surface area contributed by atoms with Crippen LogP contribution in [0.5, 0.6) is 0 Å². The summed E-state index contributed by atoms with van der Waals surface area (Å²) in [6, 6.07) is -0.919. The largest absolute Gasteiger partial charge is 0.483 e. The number of ether oxygens (including phenoxy) is 2. The van der Waals surface area contributed by atoms with Crippen LogP contribution in [0.25, 0.3) is 0 Å². The Hall–Kier alpha value is -1.21. The van der Waals surface area contributed by atoms with Crippen LogP contribution >= 0.6 is 11.8 Å². The first-order valence-electron chi connectivity index (χ1n) is 13.3. The molecule has 0 unspecified atom stereocenters. The summed E-state index contributed by atoms with van der Waals surface area (Å²) >= 11 is 1.42. The zero-order chi connectivity index (χ0) is 27.1. The van der Waals surface area contributed by atoms with E-state index in [1.165, 1.54) is 18.2 Å². The molecule has 3 saturated heterocycles. The van der Waals surface area contributed by atoms with E-state index in [4.69, 9.17) is 19.4 Å². The summed E-state index contributed by atoms with van der Waals surface area (Å²) in [5.74, 6) is 2.22. The van der Waals surface area contributed by atoms with Crippen molar-refractivity contribution in [1.82, 2.24) is 10.2 Å². The summed E-state index contributed by atoms with van der Waals surface area (Å²) < 4.78 is 12.3. The van der Waals surface area contributed by atoms with Gasteiger partial charge in [0.2, 0.25) is 5.91 Å². The van der Waals surface area contributed by atoms with Crippen LogP contribution in [0.3, 0.4) is 0 Å². The second-order valence-electron chi connectivity index (χ2n) is 11.0. The van der Waals surface area contributed by atoms with E-state index in [-0.39, 0.29) is 18.5 Å². The Balaban J connectivity index is 0.00000121. The predicted molar refractivity (Wildman–Crippen MR) is 140 cm³/mol. The van der Waals surface area contributed by atoms with Crippen molar-refractivity contribution in [3.8, 4) is 0 Å². The van der Waals surface area contributed by atoms with Crippen molar-refractivity contribution in [1.29, 1.82) is 0 Å². The smallest absolute Gasteiger partial charge is 0.290 e. The average molecular weight is 545 g/mol. The highest BCUT2D eigenvalue weighted by molar-refractivity contribution is 7.99. The van der Waals surface area contributed by atoms with Crippen molar-refractivity contribution < 1.29 is 39.5 Å². The van der Waals surface area contributed by atoms with Gasteiger partial charge < -0.3 is 35.2 Å². The highest BCUT2D eigenvalue weighted by Crippen LogP contribution is 2.37. The molecule has 4 heterocycles. The number of aliphatic hydroxyl groups is 3. The van der Waals surface area contributed by atoms with E-state index in [1.54, 1.807) is 0 Å². The second kappa shape index (κ2) is 14.3. The van der Waals surface area contributed by atoms with Crippen LogP contribution in [-0.2, 0) is 19.1 Å². The summed E-state index contributed by atoms with van der Waals surface area (Å²) in [4.78, 5) is 24.1. The molecular weight excluding hydrogens is 500 g/mol. The zero-order valence-electron chi connectivity index (χ0n) is 22.0. The van der Waals surface area contributed by atoms with Gasteiger partial charge in [0.1, 0.15) is 35.9 Å². The maximum Gasteiger partial charge on any atom is 0.290 e. The standard InChI is InChI=1S/C25H42N2O6S.CH2O2/c1-14(2)11-15-8-9-32-22-16(12-15)13-27(3)18(22)24(31)26-17-7-5-4-6-10-34-25-21(30)19(28)20(29)23(17)33-25;2-1-3/h4-5,14-23,25,28-30H,6-13H2,1-3H3,(H,26,31);1H,(H,2,3)/b5-4-;/t15-,16-,17+,18-,19-,20+,21+,22+,23+,25+;/m0./s1. The Labute approximate surface area is 223 Å². The number of allylic oxidation sites excluding steroid dienone is 1. The summed E-state index contributed by atoms with van der Waals surface area (Å²) in [6.45, 7) is 5.77. The summed E-state index contributed by atoms with van der Waals surface area (Å²) in [6.07, 6.45) is 3.92. The number of rotatable bonds is 4. The molecule has 0 aromatic heterocycles. The third-order valence-electron chi connectivity index (χ3n) is 7.77. The number of fused-ring (bicyclic) bond motifs is 3. The first-order chi connectivity index (χ1) is 17.7. The molecule has 1 amide bonds. The molecule has 2 bridgehead atoms. The van der Waals surface area contributed by atoms with Crippen molar-refractivity contribution in [2.24, 2.45) is 17.8 Å². The Morgan fingerprint density at radius 3 is 2.62 bits per heavy atom. The van der Waals surface area contributed by atoms with E-state index in [9.17, 15) is 20.1 Å². The number of likely N-dealkylation sites (N-methyl/N-ethyl adjacent to an activating group) is 1. The number of likely N-dealkylation sites (tertiary alicyclic amines) is 1. The first kappa shape index (κ1) is 30.3. The first-order valence-corrected chi connectivity index (χ1v) is 14.4. The van der Waals surface area contributed by atoms with Crippen molar-refractivity contribution in [2.45, 2.75) is 94.0 Å². The number of thioether (sulfide) groups is 1. The van der Waals surface area contributed by atoms with Crippen LogP contribution < -0.4 is 5.32 Å². The molecule has 212 valence electrons. The molecule has 4 aliphatic heterocycles. The van der Waals surface area contributed by atoms with E-state index in [1.807, 2.05) is 13.1 Å². The number of nitrogens with one attached hydrogen (secondary N) is 1. The molecule has 0 aliphatic carbocycles. The van der Waals surface area contributed by atoms with Gasteiger partial charge in [-0.1, -0.05) is 26.0 Å². The molecule has 10 nitrogen and oxygen atoms in total. The molecule has 3 fully saturated rings. The Morgan fingerprint density at radius 2 is 1.92 bits per heavy atom. The minimum atomic E-state index is -1.32. The summed E-state index contributed by atoms with van der Waals surface area (Å²) in [7, 11) is 1.98. The van der Waals surface area contributed by atoms with Crippen molar-refractivity contribution in [3.05, 3.63) is 12.2 Å². The van der Waals surface area contributed by atoms with Crippen molar-refractivity contribution in [3.63, 3.8) is 0 Å². The fraction of sp³-hybridized carbons (Fsp3) is 0.846. The van der Waals surface area contributed by atoms with Gasteiger partial charge in [0, 0.05) is 19.1 Å². The molecule has 0 saturated carbocycles. The van der Waals surface area contributed by atoms with Gasteiger partial charge in [-0.2, -0.15) is 0 Å². The van der Waals surface area contributed by atoms with E-state index < -0.39 is 41.9 Å². The number of hydrogen-bond acceptors (Lipinski definition) is 9. The van der Waals surface area contributed by atoms with E-state index in [2.05, 4.69) is 30.1 Å². The number of hydrogen-bond donors (Lipinski definition) is 5. The Morgan fingerprint density at radius 1 is 1.19 bits per heavy atom. The fourth-order valence-corrected chi connectivity index (χ4v) is 7.25. The number of aliphatic hydroxyl groups excluding tert-OH is 3. The Kier molecular flexibility index (Phi) is 11.7. The molecule has 10 atom stereocenters. The normalized spacial score (nSPS) is 41.5. The van der Waals surface area contributed by atoms with Gasteiger partial charge in [0.25, 0.3) is 6.47 Å². The van der Waals surface area contributed by atoms with Crippen LogP contribution in [0.15, 0.2) is 12.2 Å². The van der Waals surface area contributed by atoms with Crippen LogP contribution in [0.4, 0.5) is 0 Å². The maximum absolute atomic E-state index is 13.6. The molecule has 0 radical (unpaired) electrons. The second-order valence-corrected chi connectivity index (χ2v) is 12.2. The predicted octanol–water partition coefficient (Wildman–Crippen LogP) is 0.834. The minimum Gasteiger partial charge on any atom is -0.483 e. The SMILES string of the molecule is CC(C)C[C@@H]1CCO[C@@H]2[C@@H](C1)CN(C)[C@@H]2C(=O)N[C@@H]1C/C=C\CCS[C@H]2O[C@H]1[C@H](O)[C@H](O)[C@H]2O.O=CO. The Bertz CT molecular complexity index is 771. The summed E-state index contributed by atoms with van der Waals surface area (Å²) in [5.41, 5.74) is -0.643. The number of amides is 1. The maximum atomic E-state index is 13.6. The molecule has 4 aliphatic rings. The quantitative estimate of drug-likeness (QED) is 0.255. The number of nitrogens with zero attached hydrogens (tertiary/aromatic N) is 1. The van der Waals surface area contributed by atoms with Gasteiger partial charge in [0.15, 0.2) is 0 Å². The molecule has 5 N–H and O–H groups in total. The lowest BCUT2D eigenvalue weighted by Crippen LogP contribution is -2.63. The van der Waals surface area contributed by atoms with Crippen LogP contribution in [0, 0.1) is 17.8 Å². The number of carbonyl (C=O) groups is 2. The van der Waals surface area contributed by atoms with E-state index in [0.29, 0.717) is 30.8 Å². The molecular formula is C26H44N2O8S. The van der Waals surface area contributed by atoms with Crippen LogP contribution in [0.2, 0.25) is 0 Å². The number of carboxylic acid groups (broad SMARTS) is 1. The fourth-order valence-electron chi connectivity index (χ4n) is 6.18. The van der Waals surface area contributed by atoms with E-state index >= 15 is 0 Å². The monoisotopic (exact) mass is 544 g/mol. The molecule has 4 rings (SSSR count).